The molecule has 0 bridgehead atoms. The zero-order chi connectivity index (χ0) is 15.5. The van der Waals surface area contributed by atoms with Gasteiger partial charge in [-0.1, -0.05) is 18.2 Å². The van der Waals surface area contributed by atoms with Crippen LogP contribution in [0.15, 0.2) is 24.3 Å². The molecule has 0 spiro atoms. The number of anilines is 1. The minimum absolute atomic E-state index is 0.0557. The average Bonchev–Trinajstić information content (AvgIpc) is 2.86. The van der Waals surface area contributed by atoms with Crippen molar-refractivity contribution in [3.63, 3.8) is 0 Å². The number of hydrogen-bond donors (Lipinski definition) is 1. The van der Waals surface area contributed by atoms with E-state index in [1.54, 1.807) is 0 Å². The van der Waals surface area contributed by atoms with Crippen molar-refractivity contribution in [3.8, 4) is 0 Å². The van der Waals surface area contributed by atoms with Gasteiger partial charge >= 0.3 is 12.3 Å². The number of carbonyl (C=O) groups excluding carboxylic acids is 1. The Kier molecular flexibility index (Phi) is 4.69. The van der Waals surface area contributed by atoms with Gasteiger partial charge < -0.3 is 10.2 Å². The van der Waals surface area contributed by atoms with Gasteiger partial charge in [-0.2, -0.15) is 8.78 Å². The molecular weight excluding hydrogens is 288 g/mol. The third-order valence-corrected chi connectivity index (χ3v) is 3.45. The maximum atomic E-state index is 12.7. The van der Waals surface area contributed by atoms with Gasteiger partial charge in [0, 0.05) is 25.3 Å². The van der Waals surface area contributed by atoms with Crippen LogP contribution in [0.3, 0.4) is 0 Å². The number of benzene rings is 1. The molecule has 1 aliphatic rings. The van der Waals surface area contributed by atoms with E-state index in [0.717, 1.165) is 18.7 Å². The fourth-order valence-electron chi connectivity index (χ4n) is 2.33. The van der Waals surface area contributed by atoms with E-state index in [9.17, 15) is 22.4 Å². The first-order valence-electron chi connectivity index (χ1n) is 6.70. The molecule has 0 radical (unpaired) electrons. The van der Waals surface area contributed by atoms with E-state index in [-0.39, 0.29) is 6.54 Å². The molecule has 0 saturated carbocycles. The molecule has 116 valence electrons. The third kappa shape index (κ3) is 3.46. The van der Waals surface area contributed by atoms with Crippen LogP contribution in [0.5, 0.6) is 0 Å². The number of halogens is 4. The molecule has 1 aromatic carbocycles. The van der Waals surface area contributed by atoms with Crippen LogP contribution in [0.25, 0.3) is 0 Å². The van der Waals surface area contributed by atoms with Gasteiger partial charge in [0.05, 0.1) is 0 Å². The molecule has 0 fully saturated rings. The number of amides is 1. The number of para-hydroxylation sites is 1. The van der Waals surface area contributed by atoms with E-state index in [2.05, 4.69) is 4.90 Å². The Balaban J connectivity index is 1.75. The number of nitrogens with one attached hydrogen (secondary N) is 1. The number of rotatable bonds is 6. The molecule has 1 heterocycles. The maximum Gasteiger partial charge on any atom is 0.383 e. The van der Waals surface area contributed by atoms with Gasteiger partial charge in [-0.25, -0.2) is 8.78 Å². The van der Waals surface area contributed by atoms with Crippen molar-refractivity contribution in [2.45, 2.75) is 25.2 Å². The first-order valence-corrected chi connectivity index (χ1v) is 6.70. The van der Waals surface area contributed by atoms with E-state index in [1.165, 1.54) is 5.56 Å². The summed E-state index contributed by atoms with van der Waals surface area (Å²) in [4.78, 5) is 13.0. The summed E-state index contributed by atoms with van der Waals surface area (Å²) >= 11 is 0. The lowest BCUT2D eigenvalue weighted by Crippen LogP contribution is -2.45. The fraction of sp³-hybridized carbons (Fsp3) is 0.500. The molecule has 0 aliphatic carbocycles. The van der Waals surface area contributed by atoms with Gasteiger partial charge in [-0.3, -0.25) is 4.79 Å². The van der Waals surface area contributed by atoms with Crippen LogP contribution in [0, 0.1) is 0 Å². The molecule has 0 atom stereocenters. The summed E-state index contributed by atoms with van der Waals surface area (Å²) in [5.41, 5.74) is 2.33. The molecule has 0 saturated heterocycles. The number of alkyl halides is 4. The van der Waals surface area contributed by atoms with Gasteiger partial charge in [0.15, 0.2) is 0 Å². The predicted octanol–water partition coefficient (Wildman–Crippen LogP) is 2.46. The molecule has 1 aliphatic heterocycles. The van der Waals surface area contributed by atoms with Gasteiger partial charge in [0.25, 0.3) is 5.91 Å². The van der Waals surface area contributed by atoms with Crippen molar-refractivity contribution in [1.29, 1.82) is 0 Å². The minimum atomic E-state index is -4.62. The van der Waals surface area contributed by atoms with Gasteiger partial charge in [0.1, 0.15) is 0 Å². The highest BCUT2D eigenvalue weighted by atomic mass is 19.3. The first kappa shape index (κ1) is 15.6. The molecule has 7 heteroatoms. The lowest BCUT2D eigenvalue weighted by molar-refractivity contribution is -0.169. The van der Waals surface area contributed by atoms with Gasteiger partial charge in [0.2, 0.25) is 0 Å². The largest absolute Gasteiger partial charge is 0.383 e. The van der Waals surface area contributed by atoms with Crippen molar-refractivity contribution in [1.82, 2.24) is 5.32 Å². The lowest BCUT2D eigenvalue weighted by atomic mass is 10.2. The summed E-state index contributed by atoms with van der Waals surface area (Å²) in [7, 11) is 0. The number of hydrogen-bond acceptors (Lipinski definition) is 2. The Morgan fingerprint density at radius 2 is 2.05 bits per heavy atom. The highest BCUT2D eigenvalue weighted by molar-refractivity contribution is 5.83. The predicted molar refractivity (Wildman–Crippen MR) is 70.9 cm³/mol. The van der Waals surface area contributed by atoms with Crippen LogP contribution in [-0.4, -0.2) is 37.9 Å². The Hall–Kier alpha value is -1.79. The molecule has 3 nitrogen and oxygen atoms in total. The van der Waals surface area contributed by atoms with E-state index in [1.807, 2.05) is 29.6 Å². The van der Waals surface area contributed by atoms with Gasteiger partial charge in [-0.15, -0.1) is 0 Å². The van der Waals surface area contributed by atoms with Crippen LogP contribution in [0.2, 0.25) is 0 Å². The van der Waals surface area contributed by atoms with Crippen LogP contribution in [0.4, 0.5) is 23.2 Å². The Morgan fingerprint density at radius 3 is 2.76 bits per heavy atom. The first-order chi connectivity index (χ1) is 9.93. The van der Waals surface area contributed by atoms with E-state index >= 15 is 0 Å². The number of nitrogens with zero attached hydrogens (tertiary/aromatic N) is 1. The number of carbonyl (C=O) groups is 1. The summed E-state index contributed by atoms with van der Waals surface area (Å²) in [6, 6.07) is 7.88. The topological polar surface area (TPSA) is 32.3 Å². The van der Waals surface area contributed by atoms with Gasteiger partial charge in [-0.05, 0) is 24.5 Å². The second kappa shape index (κ2) is 6.32. The molecule has 2 rings (SSSR count). The molecular formula is C14H16F4N2O. The Morgan fingerprint density at radius 1 is 1.33 bits per heavy atom. The van der Waals surface area contributed by atoms with Crippen molar-refractivity contribution >= 4 is 11.6 Å². The van der Waals surface area contributed by atoms with Crippen LogP contribution >= 0.6 is 0 Å². The quantitative estimate of drug-likeness (QED) is 0.647. The summed E-state index contributed by atoms with van der Waals surface area (Å²) in [6.07, 6.45) is -2.64. The standard InChI is InChI=1S/C14H16F4N2O/c15-12(16)14(17,18)13(21)19-7-3-8-20-9-6-10-4-1-2-5-11(10)20/h1-2,4-5,12H,3,6-9H2,(H,19,21). The smallest absolute Gasteiger partial charge is 0.371 e. The normalized spacial score (nSPS) is 14.4. The summed E-state index contributed by atoms with van der Waals surface area (Å²) in [5, 5.41) is 1.86. The van der Waals surface area contributed by atoms with Crippen molar-refractivity contribution < 1.29 is 22.4 Å². The number of fused-ring (bicyclic) bond motifs is 1. The molecule has 1 N–H and O–H groups in total. The van der Waals surface area contributed by atoms with Crippen molar-refractivity contribution in [2.75, 3.05) is 24.5 Å². The molecule has 0 aromatic heterocycles. The van der Waals surface area contributed by atoms with E-state index in [0.29, 0.717) is 13.0 Å². The second-order valence-electron chi connectivity index (χ2n) is 4.90. The molecule has 1 amide bonds. The summed E-state index contributed by atoms with van der Waals surface area (Å²) < 4.78 is 49.3. The third-order valence-electron chi connectivity index (χ3n) is 3.45. The highest BCUT2D eigenvalue weighted by Crippen LogP contribution is 2.27. The summed E-state index contributed by atoms with van der Waals surface area (Å²) in [5.74, 6) is -6.54. The van der Waals surface area contributed by atoms with Crippen molar-refractivity contribution in [3.05, 3.63) is 29.8 Å². The zero-order valence-electron chi connectivity index (χ0n) is 11.3. The second-order valence-corrected chi connectivity index (χ2v) is 4.90. The van der Waals surface area contributed by atoms with Crippen molar-refractivity contribution in [2.24, 2.45) is 0 Å². The molecule has 21 heavy (non-hydrogen) atoms. The Labute approximate surface area is 119 Å². The maximum absolute atomic E-state index is 12.7. The molecule has 0 unspecified atom stereocenters. The SMILES string of the molecule is O=C(NCCCN1CCc2ccccc21)C(F)(F)C(F)F. The Bertz CT molecular complexity index is 508. The van der Waals surface area contributed by atoms with E-state index in [4.69, 9.17) is 0 Å². The summed E-state index contributed by atoms with van der Waals surface area (Å²) in [6.45, 7) is 1.36. The average molecular weight is 304 g/mol. The fourth-order valence-corrected chi connectivity index (χ4v) is 2.33. The lowest BCUT2D eigenvalue weighted by Gasteiger charge is -2.20. The minimum Gasteiger partial charge on any atom is -0.371 e. The molecule has 1 aromatic rings. The highest BCUT2D eigenvalue weighted by Gasteiger charge is 2.48. The van der Waals surface area contributed by atoms with Crippen LogP contribution < -0.4 is 10.2 Å². The zero-order valence-corrected chi connectivity index (χ0v) is 11.3. The van der Waals surface area contributed by atoms with Crippen LogP contribution in [0.1, 0.15) is 12.0 Å². The monoisotopic (exact) mass is 304 g/mol. The van der Waals surface area contributed by atoms with E-state index < -0.39 is 18.3 Å². The van der Waals surface area contributed by atoms with Crippen LogP contribution in [-0.2, 0) is 11.2 Å².